The van der Waals surface area contributed by atoms with Crippen LogP contribution >= 0.6 is 23.4 Å². The van der Waals surface area contributed by atoms with Crippen molar-refractivity contribution >= 4 is 23.4 Å². The minimum atomic E-state index is 0.227. The summed E-state index contributed by atoms with van der Waals surface area (Å²) in [5, 5.41) is 0.845. The van der Waals surface area contributed by atoms with E-state index < -0.39 is 0 Å². The lowest BCUT2D eigenvalue weighted by Gasteiger charge is -2.17. The normalized spacial score (nSPS) is 11.7. The van der Waals surface area contributed by atoms with Gasteiger partial charge in [0, 0.05) is 9.64 Å². The van der Waals surface area contributed by atoms with Crippen LogP contribution in [0.2, 0.25) is 5.02 Å². The van der Waals surface area contributed by atoms with Gasteiger partial charge in [-0.15, -0.1) is 11.8 Å². The molecular weight excluding hydrogens is 188 g/mol. The fourth-order valence-corrected chi connectivity index (χ4v) is 2.08. The Labute approximate surface area is 83.3 Å². The van der Waals surface area contributed by atoms with Crippen LogP contribution in [0, 0.1) is 0 Å². The van der Waals surface area contributed by atoms with Crippen LogP contribution in [0.25, 0.3) is 0 Å². The molecule has 0 nitrogen and oxygen atoms in total. The molecule has 1 aromatic rings. The molecule has 0 bridgehead atoms. The molecule has 0 fully saturated rings. The first kappa shape index (κ1) is 9.94. The summed E-state index contributed by atoms with van der Waals surface area (Å²) in [4.78, 5) is 1.16. The molecule has 0 radical (unpaired) electrons. The van der Waals surface area contributed by atoms with Crippen LogP contribution in [0.4, 0.5) is 0 Å². The minimum Gasteiger partial charge on any atom is -0.119 e. The first-order valence-corrected chi connectivity index (χ1v) is 5.12. The van der Waals surface area contributed by atoms with E-state index in [1.54, 1.807) is 11.8 Å². The summed E-state index contributed by atoms with van der Waals surface area (Å²) in [5.41, 5.74) is 0. The second-order valence-corrected chi connectivity index (χ2v) is 5.92. The predicted molar refractivity (Wildman–Crippen MR) is 57.1 cm³/mol. The summed E-state index contributed by atoms with van der Waals surface area (Å²) in [7, 11) is 0. The number of rotatable bonds is 1. The molecule has 2 heteroatoms. The number of benzene rings is 1. The third-order valence-corrected chi connectivity index (χ3v) is 2.88. The molecule has 0 aliphatic heterocycles. The summed E-state index contributed by atoms with van der Waals surface area (Å²) >= 11 is 7.80. The van der Waals surface area contributed by atoms with E-state index in [4.69, 9.17) is 11.6 Å². The Morgan fingerprint density at radius 2 is 1.75 bits per heavy atom. The molecule has 0 unspecified atom stereocenters. The average molecular weight is 201 g/mol. The Kier molecular flexibility index (Phi) is 3.08. The predicted octanol–water partition coefficient (Wildman–Crippen LogP) is 4.23. The van der Waals surface area contributed by atoms with Gasteiger partial charge >= 0.3 is 0 Å². The van der Waals surface area contributed by atoms with Crippen molar-refractivity contribution in [1.82, 2.24) is 0 Å². The van der Waals surface area contributed by atoms with Gasteiger partial charge in [-0.25, -0.2) is 0 Å². The van der Waals surface area contributed by atoms with E-state index >= 15 is 0 Å². The zero-order chi connectivity index (χ0) is 9.19. The van der Waals surface area contributed by atoms with E-state index in [0.717, 1.165) is 9.92 Å². The lowest BCUT2D eigenvalue weighted by molar-refractivity contribution is 0.803. The Morgan fingerprint density at radius 1 is 1.17 bits per heavy atom. The molecule has 0 spiro atoms. The highest BCUT2D eigenvalue weighted by Crippen LogP contribution is 2.35. The second kappa shape index (κ2) is 3.71. The van der Waals surface area contributed by atoms with Crippen LogP contribution in [-0.2, 0) is 0 Å². The summed E-state index contributed by atoms with van der Waals surface area (Å²) in [6, 6.07) is 7.95. The zero-order valence-electron chi connectivity index (χ0n) is 7.60. The van der Waals surface area contributed by atoms with Gasteiger partial charge in [-0.3, -0.25) is 0 Å². The average Bonchev–Trinajstić information content (AvgIpc) is 1.91. The molecule has 0 amide bonds. The third kappa shape index (κ3) is 3.08. The van der Waals surface area contributed by atoms with Gasteiger partial charge in [0.15, 0.2) is 0 Å². The SMILES string of the molecule is CC(C)(C)Sc1ccccc1Cl. The lowest BCUT2D eigenvalue weighted by atomic mass is 10.3. The van der Waals surface area contributed by atoms with Crippen LogP contribution in [0.15, 0.2) is 29.2 Å². The maximum absolute atomic E-state index is 6.01. The topological polar surface area (TPSA) is 0 Å². The Morgan fingerprint density at radius 3 is 2.25 bits per heavy atom. The summed E-state index contributed by atoms with van der Waals surface area (Å²) in [6.07, 6.45) is 0. The van der Waals surface area contributed by atoms with E-state index in [1.165, 1.54) is 0 Å². The van der Waals surface area contributed by atoms with Crippen molar-refractivity contribution in [3.63, 3.8) is 0 Å². The van der Waals surface area contributed by atoms with Gasteiger partial charge in [-0.1, -0.05) is 44.5 Å². The molecule has 0 atom stereocenters. The standard InChI is InChI=1S/C10H13ClS/c1-10(2,3)12-9-7-5-4-6-8(9)11/h4-7H,1-3H3. The minimum absolute atomic E-state index is 0.227. The maximum atomic E-state index is 6.01. The highest BCUT2D eigenvalue weighted by molar-refractivity contribution is 8.00. The Balaban J connectivity index is 2.83. The number of halogens is 1. The van der Waals surface area contributed by atoms with E-state index in [2.05, 4.69) is 26.8 Å². The highest BCUT2D eigenvalue weighted by atomic mass is 35.5. The molecule has 0 aliphatic carbocycles. The van der Waals surface area contributed by atoms with E-state index in [-0.39, 0.29) is 4.75 Å². The van der Waals surface area contributed by atoms with Gasteiger partial charge < -0.3 is 0 Å². The second-order valence-electron chi connectivity index (χ2n) is 3.64. The Hall–Kier alpha value is -0.140. The molecule has 1 aromatic carbocycles. The maximum Gasteiger partial charge on any atom is 0.0542 e. The van der Waals surface area contributed by atoms with E-state index in [1.807, 2.05) is 18.2 Å². The summed E-state index contributed by atoms with van der Waals surface area (Å²) < 4.78 is 0.227. The van der Waals surface area contributed by atoms with E-state index in [0.29, 0.717) is 0 Å². The largest absolute Gasteiger partial charge is 0.119 e. The molecule has 1 rings (SSSR count). The van der Waals surface area contributed by atoms with Crippen LogP contribution < -0.4 is 0 Å². The van der Waals surface area contributed by atoms with Gasteiger partial charge in [-0.2, -0.15) is 0 Å². The van der Waals surface area contributed by atoms with Crippen LogP contribution in [0.1, 0.15) is 20.8 Å². The summed E-state index contributed by atoms with van der Waals surface area (Å²) in [5.74, 6) is 0. The molecular formula is C10H13ClS. The fraction of sp³-hybridized carbons (Fsp3) is 0.400. The molecule has 0 saturated heterocycles. The fourth-order valence-electron chi connectivity index (χ4n) is 0.857. The van der Waals surface area contributed by atoms with Crippen molar-refractivity contribution in [3.05, 3.63) is 29.3 Å². The van der Waals surface area contributed by atoms with Gasteiger partial charge in [0.05, 0.1) is 5.02 Å². The molecule has 66 valence electrons. The van der Waals surface area contributed by atoms with Crippen molar-refractivity contribution in [2.75, 3.05) is 0 Å². The summed E-state index contributed by atoms with van der Waals surface area (Å²) in [6.45, 7) is 6.54. The molecule has 0 aliphatic rings. The van der Waals surface area contributed by atoms with Crippen molar-refractivity contribution in [1.29, 1.82) is 0 Å². The molecule has 0 N–H and O–H groups in total. The van der Waals surface area contributed by atoms with E-state index in [9.17, 15) is 0 Å². The van der Waals surface area contributed by atoms with Gasteiger partial charge in [0.2, 0.25) is 0 Å². The van der Waals surface area contributed by atoms with Crippen LogP contribution in [-0.4, -0.2) is 4.75 Å². The highest BCUT2D eigenvalue weighted by Gasteiger charge is 2.13. The Bertz CT molecular complexity index is 263. The van der Waals surface area contributed by atoms with Crippen molar-refractivity contribution in [2.24, 2.45) is 0 Å². The van der Waals surface area contributed by atoms with Crippen molar-refractivity contribution in [2.45, 2.75) is 30.4 Å². The molecule has 12 heavy (non-hydrogen) atoms. The van der Waals surface area contributed by atoms with Gasteiger partial charge in [-0.05, 0) is 12.1 Å². The number of hydrogen-bond acceptors (Lipinski definition) is 1. The molecule has 0 heterocycles. The number of hydrogen-bond donors (Lipinski definition) is 0. The van der Waals surface area contributed by atoms with Crippen molar-refractivity contribution in [3.8, 4) is 0 Å². The smallest absolute Gasteiger partial charge is 0.0542 e. The first-order chi connectivity index (χ1) is 5.49. The molecule has 0 aromatic heterocycles. The number of thioether (sulfide) groups is 1. The monoisotopic (exact) mass is 200 g/mol. The van der Waals surface area contributed by atoms with Crippen LogP contribution in [0.3, 0.4) is 0 Å². The lowest BCUT2D eigenvalue weighted by Crippen LogP contribution is -2.06. The van der Waals surface area contributed by atoms with Gasteiger partial charge in [0.25, 0.3) is 0 Å². The quantitative estimate of drug-likeness (QED) is 0.612. The first-order valence-electron chi connectivity index (χ1n) is 3.92. The third-order valence-electron chi connectivity index (χ3n) is 1.25. The van der Waals surface area contributed by atoms with Crippen LogP contribution in [0.5, 0.6) is 0 Å². The zero-order valence-corrected chi connectivity index (χ0v) is 9.17. The van der Waals surface area contributed by atoms with Crippen molar-refractivity contribution < 1.29 is 0 Å². The molecule has 0 saturated carbocycles. The van der Waals surface area contributed by atoms with Gasteiger partial charge in [0.1, 0.15) is 0 Å².